The highest BCUT2D eigenvalue weighted by Gasteiger charge is 2.26. The van der Waals surface area contributed by atoms with E-state index in [9.17, 15) is 0 Å². The third-order valence-electron chi connectivity index (χ3n) is 3.37. The van der Waals surface area contributed by atoms with Crippen LogP contribution in [0.3, 0.4) is 0 Å². The summed E-state index contributed by atoms with van der Waals surface area (Å²) in [5.41, 5.74) is 2.41. The first-order valence-corrected chi connectivity index (χ1v) is 6.44. The maximum absolute atomic E-state index is 4.16. The van der Waals surface area contributed by atoms with Crippen LogP contribution in [0.2, 0.25) is 0 Å². The van der Waals surface area contributed by atoms with Crippen molar-refractivity contribution in [2.75, 3.05) is 13.1 Å². The first-order chi connectivity index (χ1) is 8.04. The van der Waals surface area contributed by atoms with Crippen molar-refractivity contribution in [2.45, 2.75) is 27.2 Å². The van der Waals surface area contributed by atoms with Crippen molar-refractivity contribution in [1.29, 1.82) is 0 Å². The average molecular weight is 231 g/mol. The van der Waals surface area contributed by atoms with Gasteiger partial charge in [0.05, 0.1) is 0 Å². The van der Waals surface area contributed by atoms with E-state index in [0.29, 0.717) is 0 Å². The van der Waals surface area contributed by atoms with Gasteiger partial charge in [0.1, 0.15) is 0 Å². The number of allylic oxidation sites excluding steroid dienone is 4. The highest BCUT2D eigenvalue weighted by molar-refractivity contribution is 5.22. The summed E-state index contributed by atoms with van der Waals surface area (Å²) in [4.78, 5) is 2.37. The molecular formula is C16H25N. The third kappa shape index (κ3) is 4.26. The molecule has 1 aliphatic rings. The predicted octanol–water partition coefficient (Wildman–Crippen LogP) is 4.17. The van der Waals surface area contributed by atoms with Gasteiger partial charge in [0, 0.05) is 18.8 Å². The lowest BCUT2D eigenvalue weighted by Crippen LogP contribution is -2.22. The van der Waals surface area contributed by atoms with Gasteiger partial charge in [0.25, 0.3) is 0 Å². The van der Waals surface area contributed by atoms with E-state index in [2.05, 4.69) is 38.0 Å². The van der Waals surface area contributed by atoms with Crippen LogP contribution in [-0.4, -0.2) is 18.0 Å². The van der Waals surface area contributed by atoms with Crippen LogP contribution >= 0.6 is 0 Å². The summed E-state index contributed by atoms with van der Waals surface area (Å²) in [5.74, 6) is 1.50. The Labute approximate surface area is 106 Å². The Morgan fingerprint density at radius 3 is 2.71 bits per heavy atom. The number of nitrogens with zero attached hydrogens (tertiary/aromatic N) is 1. The van der Waals surface area contributed by atoms with Gasteiger partial charge in [-0.1, -0.05) is 51.3 Å². The fourth-order valence-corrected chi connectivity index (χ4v) is 2.13. The van der Waals surface area contributed by atoms with Gasteiger partial charge in [0.15, 0.2) is 0 Å². The van der Waals surface area contributed by atoms with Crippen molar-refractivity contribution < 1.29 is 0 Å². The predicted molar refractivity (Wildman–Crippen MR) is 76.8 cm³/mol. The molecular weight excluding hydrogens is 206 g/mol. The van der Waals surface area contributed by atoms with Gasteiger partial charge in [-0.2, -0.15) is 0 Å². The molecule has 1 saturated heterocycles. The van der Waals surface area contributed by atoms with Gasteiger partial charge in [0.2, 0.25) is 0 Å². The first kappa shape index (κ1) is 13.8. The Morgan fingerprint density at radius 1 is 1.47 bits per heavy atom. The molecule has 1 heteroatoms. The molecule has 0 bridgehead atoms. The summed E-state index contributed by atoms with van der Waals surface area (Å²) in [7, 11) is 0. The zero-order valence-electron chi connectivity index (χ0n) is 11.4. The van der Waals surface area contributed by atoms with E-state index < -0.39 is 0 Å². The first-order valence-electron chi connectivity index (χ1n) is 6.44. The van der Waals surface area contributed by atoms with Crippen LogP contribution in [0.4, 0.5) is 0 Å². The van der Waals surface area contributed by atoms with E-state index in [1.165, 1.54) is 5.70 Å². The molecule has 0 aliphatic carbocycles. The molecule has 1 nitrogen and oxygen atoms in total. The number of likely N-dealkylation sites (tertiary alicyclic amines) is 1. The number of rotatable bonds is 5. The van der Waals surface area contributed by atoms with Gasteiger partial charge in [-0.15, -0.1) is 0 Å². The van der Waals surface area contributed by atoms with Crippen LogP contribution < -0.4 is 0 Å². The summed E-state index contributed by atoms with van der Waals surface area (Å²) < 4.78 is 0. The van der Waals surface area contributed by atoms with Crippen molar-refractivity contribution in [3.63, 3.8) is 0 Å². The van der Waals surface area contributed by atoms with Gasteiger partial charge in [-0.05, 0) is 30.8 Å². The molecule has 0 aromatic carbocycles. The molecule has 0 aromatic rings. The van der Waals surface area contributed by atoms with E-state index in [1.54, 1.807) is 0 Å². The molecule has 94 valence electrons. The van der Waals surface area contributed by atoms with Crippen molar-refractivity contribution in [2.24, 2.45) is 11.8 Å². The lowest BCUT2D eigenvalue weighted by Gasteiger charge is -2.20. The smallest absolute Gasteiger partial charge is 0.0420 e. The monoisotopic (exact) mass is 231 g/mol. The fraction of sp³-hybridized carbons (Fsp3) is 0.500. The molecule has 0 aromatic heterocycles. The van der Waals surface area contributed by atoms with Crippen LogP contribution in [0.25, 0.3) is 0 Å². The topological polar surface area (TPSA) is 3.24 Å². The quantitative estimate of drug-likeness (QED) is 0.642. The van der Waals surface area contributed by atoms with Crippen LogP contribution in [0.1, 0.15) is 27.2 Å². The third-order valence-corrected chi connectivity index (χ3v) is 3.37. The van der Waals surface area contributed by atoms with Gasteiger partial charge in [-0.25, -0.2) is 0 Å². The zero-order valence-corrected chi connectivity index (χ0v) is 11.4. The van der Waals surface area contributed by atoms with Crippen LogP contribution in [0.5, 0.6) is 0 Å². The largest absolute Gasteiger partial charge is 0.371 e. The van der Waals surface area contributed by atoms with E-state index >= 15 is 0 Å². The molecule has 1 rings (SSSR count). The van der Waals surface area contributed by atoms with E-state index in [0.717, 1.165) is 36.9 Å². The normalized spacial score (nSPS) is 21.3. The maximum Gasteiger partial charge on any atom is 0.0420 e. The average Bonchev–Trinajstić information content (AvgIpc) is 2.61. The molecule has 1 atom stereocenters. The van der Waals surface area contributed by atoms with Gasteiger partial charge < -0.3 is 4.90 Å². The van der Waals surface area contributed by atoms with Crippen LogP contribution in [-0.2, 0) is 0 Å². The SMILES string of the molecule is C=C(/C=C\C=C/C)CN1CC(C(C)C)CC1=C. The standard InChI is InChI=1S/C16H25N/c1-6-7-8-9-14(4)11-17-12-16(13(2)3)10-15(17)5/h6-9,13,16H,4-5,10-12H2,1-3H3/b7-6-,9-8-. The minimum absolute atomic E-state index is 0.739. The molecule has 0 spiro atoms. The molecule has 17 heavy (non-hydrogen) atoms. The molecule has 1 unspecified atom stereocenters. The Hall–Kier alpha value is -1.24. The van der Waals surface area contributed by atoms with Gasteiger partial charge in [-0.3, -0.25) is 0 Å². The highest BCUT2D eigenvalue weighted by atomic mass is 15.2. The van der Waals surface area contributed by atoms with E-state index in [4.69, 9.17) is 0 Å². The Bertz CT molecular complexity index is 333. The van der Waals surface area contributed by atoms with E-state index in [-0.39, 0.29) is 0 Å². The second-order valence-corrected chi connectivity index (χ2v) is 5.20. The second-order valence-electron chi connectivity index (χ2n) is 5.20. The second kappa shape index (κ2) is 6.48. The fourth-order valence-electron chi connectivity index (χ4n) is 2.13. The molecule has 1 fully saturated rings. The van der Waals surface area contributed by atoms with Crippen molar-refractivity contribution >= 4 is 0 Å². The Morgan fingerprint density at radius 2 is 2.18 bits per heavy atom. The molecule has 0 radical (unpaired) electrons. The van der Waals surface area contributed by atoms with E-state index in [1.807, 2.05) is 25.2 Å². The van der Waals surface area contributed by atoms with Crippen LogP contribution in [0.15, 0.2) is 48.7 Å². The lowest BCUT2D eigenvalue weighted by atomic mass is 9.95. The molecule has 0 amide bonds. The number of hydrogen-bond donors (Lipinski definition) is 0. The summed E-state index contributed by atoms with van der Waals surface area (Å²) in [6.07, 6.45) is 9.31. The van der Waals surface area contributed by atoms with Crippen molar-refractivity contribution in [3.05, 3.63) is 48.7 Å². The molecule has 1 aliphatic heterocycles. The highest BCUT2D eigenvalue weighted by Crippen LogP contribution is 2.30. The Kier molecular flexibility index (Phi) is 5.27. The summed E-state index contributed by atoms with van der Waals surface area (Å²) in [6.45, 7) is 16.9. The summed E-state index contributed by atoms with van der Waals surface area (Å²) in [6, 6.07) is 0. The Balaban J connectivity index is 2.47. The zero-order chi connectivity index (χ0) is 12.8. The minimum Gasteiger partial charge on any atom is -0.371 e. The molecule has 0 saturated carbocycles. The molecule has 0 N–H and O–H groups in total. The summed E-state index contributed by atoms with van der Waals surface area (Å²) in [5, 5.41) is 0. The number of hydrogen-bond acceptors (Lipinski definition) is 1. The maximum atomic E-state index is 4.16. The minimum atomic E-state index is 0.739. The van der Waals surface area contributed by atoms with Crippen LogP contribution in [0, 0.1) is 11.8 Å². The molecule has 1 heterocycles. The summed E-state index contributed by atoms with van der Waals surface area (Å²) >= 11 is 0. The van der Waals surface area contributed by atoms with Gasteiger partial charge >= 0.3 is 0 Å². The van der Waals surface area contributed by atoms with Crippen molar-refractivity contribution in [3.8, 4) is 0 Å². The lowest BCUT2D eigenvalue weighted by molar-refractivity contribution is 0.343. The van der Waals surface area contributed by atoms with Crippen molar-refractivity contribution in [1.82, 2.24) is 4.90 Å².